The van der Waals surface area contributed by atoms with Crippen LogP contribution in [0.3, 0.4) is 0 Å². The zero-order valence-electron chi connectivity index (χ0n) is 36.0. The molecule has 228 valence electrons. The van der Waals surface area contributed by atoms with Gasteiger partial charge in [0.2, 0.25) is 0 Å². The van der Waals surface area contributed by atoms with Crippen molar-refractivity contribution in [3.05, 3.63) is 182 Å². The summed E-state index contributed by atoms with van der Waals surface area (Å²) >= 11 is 0. The molecule has 0 spiro atoms. The molecule has 0 radical (unpaired) electrons. The number of fused-ring (bicyclic) bond motifs is 6. The maximum Gasteiger partial charge on any atom is 0.136 e. The smallest absolute Gasteiger partial charge is 0.136 e. The van der Waals surface area contributed by atoms with Gasteiger partial charge in [0.1, 0.15) is 11.2 Å². The second-order valence-corrected chi connectivity index (χ2v) is 12.0. The van der Waals surface area contributed by atoms with E-state index in [4.69, 9.17) is 18.1 Å². The molecule has 0 amide bonds. The molecule has 0 saturated carbocycles. The lowest BCUT2D eigenvalue weighted by Crippen LogP contribution is -1.92. The highest BCUT2D eigenvalue weighted by Gasteiger charge is 2.21. The van der Waals surface area contributed by atoms with Gasteiger partial charge in [0.15, 0.2) is 0 Å². The Morgan fingerprint density at radius 1 is 0.347 bits per heavy atom. The van der Waals surface area contributed by atoms with E-state index in [-0.39, 0.29) is 47.4 Å². The summed E-state index contributed by atoms with van der Waals surface area (Å²) < 4.78 is 90.5. The molecule has 0 aliphatic carbocycles. The summed E-state index contributed by atoms with van der Waals surface area (Å²) in [6, 6.07) is 36.0. The molecule has 10 aromatic rings. The van der Waals surface area contributed by atoms with E-state index in [9.17, 15) is 0 Å². The van der Waals surface area contributed by atoms with E-state index in [2.05, 4.69) is 36.4 Å². The van der Waals surface area contributed by atoms with Crippen molar-refractivity contribution in [2.75, 3.05) is 0 Å². The van der Waals surface area contributed by atoms with Crippen LogP contribution in [0, 0.1) is 0 Å². The summed E-state index contributed by atoms with van der Waals surface area (Å²) in [6.45, 7) is 0. The fourth-order valence-corrected chi connectivity index (χ4v) is 7.42. The predicted octanol–water partition coefficient (Wildman–Crippen LogP) is 13.7. The zero-order chi connectivity index (χ0) is 41.0. The van der Waals surface area contributed by atoms with Gasteiger partial charge in [-0.05, 0) is 95.0 Å². The van der Waals surface area contributed by atoms with Gasteiger partial charge >= 0.3 is 0 Å². The van der Waals surface area contributed by atoms with E-state index in [0.29, 0.717) is 22.3 Å². The fourth-order valence-electron chi connectivity index (χ4n) is 7.42. The average molecular weight is 633 g/mol. The summed E-state index contributed by atoms with van der Waals surface area (Å²) in [7, 11) is 0. The van der Waals surface area contributed by atoms with Gasteiger partial charge in [0.25, 0.3) is 0 Å². The highest BCUT2D eigenvalue weighted by atomic mass is 16.3. The lowest BCUT2D eigenvalue weighted by molar-refractivity contribution is 0.669. The molecule has 49 heavy (non-hydrogen) atoms. The molecule has 0 aliphatic heterocycles. The molecule has 1 nitrogen and oxygen atoms in total. The van der Waals surface area contributed by atoms with Crippen LogP contribution in [0.15, 0.2) is 186 Å². The second-order valence-electron chi connectivity index (χ2n) is 12.0. The summed E-state index contributed by atoms with van der Waals surface area (Å²) in [5, 5.41) is 7.32. The fraction of sp³-hybridized carbons (Fsp3) is 0. The molecular formula is C48H30O. The third-order valence-electron chi connectivity index (χ3n) is 9.45. The third-order valence-corrected chi connectivity index (χ3v) is 9.45. The SMILES string of the molecule is [2H]c1c([2H])c([2H])c(-c2ccc3c(c2)oc2cccc(-c4c5ccccc5c(-c5cccc6c(-c7c([2H])c([2H])c([2H])c([2H])c7[2H])cccc56)c5ccccc45)c23)c([2H])c1[2H]. The Morgan fingerprint density at radius 3 is 1.51 bits per heavy atom. The highest BCUT2D eigenvalue weighted by Crippen LogP contribution is 2.48. The van der Waals surface area contributed by atoms with Crippen LogP contribution in [0.4, 0.5) is 0 Å². The van der Waals surface area contributed by atoms with Crippen molar-refractivity contribution >= 4 is 54.3 Å². The Hall–Kier alpha value is -6.44. The average Bonchev–Trinajstić information content (AvgIpc) is 3.64. The minimum Gasteiger partial charge on any atom is -0.456 e. The quantitative estimate of drug-likeness (QED) is 0.176. The van der Waals surface area contributed by atoms with E-state index in [1.165, 1.54) is 0 Å². The van der Waals surface area contributed by atoms with Crippen molar-refractivity contribution in [1.29, 1.82) is 0 Å². The molecule has 10 rings (SSSR count). The number of rotatable bonds is 4. The number of hydrogen-bond donors (Lipinski definition) is 0. The number of benzene rings is 9. The van der Waals surface area contributed by atoms with E-state index in [1.807, 2.05) is 72.8 Å². The Bertz CT molecular complexity index is 3350. The summed E-state index contributed by atoms with van der Waals surface area (Å²) in [5.41, 5.74) is 6.32. The third kappa shape index (κ3) is 4.33. The monoisotopic (exact) mass is 632 g/mol. The van der Waals surface area contributed by atoms with Crippen LogP contribution >= 0.6 is 0 Å². The molecule has 9 aromatic carbocycles. The van der Waals surface area contributed by atoms with Crippen molar-refractivity contribution in [1.82, 2.24) is 0 Å². The van der Waals surface area contributed by atoms with Crippen LogP contribution in [0.2, 0.25) is 0 Å². The maximum atomic E-state index is 8.76. The summed E-state index contributed by atoms with van der Waals surface area (Å²) in [4.78, 5) is 0. The predicted molar refractivity (Wildman–Crippen MR) is 208 cm³/mol. The standard InChI is InChI=1S/C48H30O/c1-3-14-31(15-4-1)33-28-29-42-45(30-33)49-44-27-13-26-43(48(42)44)47-40-20-9-7-18-38(40)46(39-19-8-10-21-41(39)47)37-25-12-23-35-34(22-11-24-36(35)37)32-16-5-2-6-17-32/h1-30H/i1D,2D,3D,4D,5D,6D,14D,15D,16D,17D. The van der Waals surface area contributed by atoms with Gasteiger partial charge < -0.3 is 4.42 Å². The molecule has 0 bridgehead atoms. The first-order valence-electron chi connectivity index (χ1n) is 21.0. The molecule has 1 aromatic heterocycles. The van der Waals surface area contributed by atoms with Crippen molar-refractivity contribution in [2.24, 2.45) is 0 Å². The van der Waals surface area contributed by atoms with E-state index in [1.54, 1.807) is 12.1 Å². The van der Waals surface area contributed by atoms with Gasteiger partial charge in [-0.1, -0.05) is 164 Å². The van der Waals surface area contributed by atoms with Crippen LogP contribution < -0.4 is 0 Å². The maximum absolute atomic E-state index is 8.76. The lowest BCUT2D eigenvalue weighted by Gasteiger charge is -2.19. The van der Waals surface area contributed by atoms with Crippen LogP contribution in [0.1, 0.15) is 13.7 Å². The molecule has 0 atom stereocenters. The Labute approximate surface area is 298 Å². The Kier molecular flexibility index (Phi) is 4.39. The van der Waals surface area contributed by atoms with Gasteiger partial charge in [-0.15, -0.1) is 0 Å². The molecule has 1 heterocycles. The molecule has 0 fully saturated rings. The summed E-state index contributed by atoms with van der Waals surface area (Å²) in [5.74, 6) is 0. The normalized spacial score (nSPS) is 14.5. The second kappa shape index (κ2) is 11.1. The highest BCUT2D eigenvalue weighted by molar-refractivity contribution is 6.27. The Balaban J connectivity index is 1.23. The first-order chi connectivity index (χ1) is 28.5. The van der Waals surface area contributed by atoms with Crippen molar-refractivity contribution in [3.63, 3.8) is 0 Å². The molecule has 0 aliphatic rings. The van der Waals surface area contributed by atoms with Gasteiger partial charge in [0.05, 0.1) is 13.7 Å². The molecular weight excluding hydrogens is 593 g/mol. The van der Waals surface area contributed by atoms with E-state index in [0.717, 1.165) is 65.3 Å². The minimum atomic E-state index is -0.442. The molecule has 0 unspecified atom stereocenters. The topological polar surface area (TPSA) is 13.1 Å². The number of hydrogen-bond acceptors (Lipinski definition) is 1. The van der Waals surface area contributed by atoms with Gasteiger partial charge in [0, 0.05) is 10.8 Å². The van der Waals surface area contributed by atoms with Crippen molar-refractivity contribution in [3.8, 4) is 44.5 Å². The number of furan rings is 1. The van der Waals surface area contributed by atoms with Crippen LogP contribution in [-0.2, 0) is 0 Å². The van der Waals surface area contributed by atoms with E-state index < -0.39 is 24.2 Å². The minimum absolute atomic E-state index is 0.111. The van der Waals surface area contributed by atoms with Gasteiger partial charge in [-0.3, -0.25) is 0 Å². The van der Waals surface area contributed by atoms with Crippen LogP contribution in [-0.4, -0.2) is 0 Å². The Morgan fingerprint density at radius 2 is 0.857 bits per heavy atom. The van der Waals surface area contributed by atoms with Crippen molar-refractivity contribution < 1.29 is 18.1 Å². The lowest BCUT2D eigenvalue weighted by atomic mass is 9.83. The van der Waals surface area contributed by atoms with Gasteiger partial charge in [-0.2, -0.15) is 0 Å². The largest absolute Gasteiger partial charge is 0.456 e. The van der Waals surface area contributed by atoms with Crippen LogP contribution in [0.5, 0.6) is 0 Å². The summed E-state index contributed by atoms with van der Waals surface area (Å²) in [6.07, 6.45) is 0. The first-order valence-corrected chi connectivity index (χ1v) is 16.0. The van der Waals surface area contributed by atoms with Gasteiger partial charge in [-0.25, -0.2) is 0 Å². The van der Waals surface area contributed by atoms with E-state index >= 15 is 0 Å². The molecule has 1 heteroatoms. The van der Waals surface area contributed by atoms with Crippen LogP contribution in [0.25, 0.3) is 98.8 Å². The zero-order valence-corrected chi connectivity index (χ0v) is 26.0. The molecule has 0 N–H and O–H groups in total. The molecule has 0 saturated heterocycles. The van der Waals surface area contributed by atoms with Crippen molar-refractivity contribution in [2.45, 2.75) is 0 Å². The first kappa shape index (κ1) is 19.4.